The van der Waals surface area contributed by atoms with Crippen LogP contribution in [-0.4, -0.2) is 106 Å². The van der Waals surface area contributed by atoms with E-state index in [9.17, 15) is 19.5 Å². The van der Waals surface area contributed by atoms with Crippen LogP contribution in [0.2, 0.25) is 0 Å². The van der Waals surface area contributed by atoms with Gasteiger partial charge in [0.05, 0.1) is 43.2 Å². The third kappa shape index (κ3) is 8.35. The molecule has 2 N–H and O–H groups in total. The smallest absolute Gasteiger partial charge is 0.313 e. The number of hydrogen-bond acceptors (Lipinski definition) is 8. The lowest BCUT2D eigenvalue weighted by atomic mass is 9.70. The summed E-state index contributed by atoms with van der Waals surface area (Å²) in [7, 11) is 1.50. The number of nitrogens with one attached hydrogen (secondary N) is 1. The lowest BCUT2D eigenvalue weighted by molar-refractivity contribution is -0.163. The molecule has 0 aromatic heterocycles. The van der Waals surface area contributed by atoms with Crippen LogP contribution in [0.4, 0.5) is 0 Å². The molecule has 52 heavy (non-hydrogen) atoms. The van der Waals surface area contributed by atoms with Crippen molar-refractivity contribution in [1.29, 1.82) is 0 Å². The number of carbonyl (C=O) groups is 4. The van der Waals surface area contributed by atoms with Gasteiger partial charge in [0.25, 0.3) is 0 Å². The highest BCUT2D eigenvalue weighted by Crippen LogP contribution is 2.61. The van der Waals surface area contributed by atoms with E-state index in [1.165, 1.54) is 12.0 Å². The summed E-state index contributed by atoms with van der Waals surface area (Å²) in [6.45, 7) is 19.8. The molecule has 4 rings (SSSR count). The molecule has 9 atom stereocenters. The molecule has 3 saturated heterocycles. The van der Waals surface area contributed by atoms with Gasteiger partial charge >= 0.3 is 5.97 Å². The average molecular weight is 789 g/mol. The van der Waals surface area contributed by atoms with Crippen LogP contribution in [0.25, 0.3) is 0 Å². The molecule has 0 radical (unpaired) electrons. The average Bonchev–Trinajstić information content (AvgIpc) is 3.67. The number of nitrogens with zero attached hydrogens (tertiary/aromatic N) is 2. The van der Waals surface area contributed by atoms with Crippen molar-refractivity contribution in [1.82, 2.24) is 15.1 Å². The Bertz CT molecular complexity index is 1460. The molecular weight excluding hydrogens is 730 g/mol. The summed E-state index contributed by atoms with van der Waals surface area (Å²) >= 11 is 3.75. The molecule has 3 aliphatic rings. The van der Waals surface area contributed by atoms with Gasteiger partial charge in [0.1, 0.15) is 17.7 Å². The number of amides is 3. The van der Waals surface area contributed by atoms with E-state index in [1.54, 1.807) is 29.2 Å². The SMILES string of the molecule is C=CCCC(=O)N[C@@H](COC)[C@@H](OC(=O)[C@H]1[C@@H]2O[C@@]3(CC2Br)[C@@H]1C(=O)N([C@@H](CC)CO)[C@@H]3C(=O)N(CC=C)C(C)(C)CC(C)(C)C)c1ccccc1. The second-order valence-corrected chi connectivity index (χ2v) is 17.3. The van der Waals surface area contributed by atoms with Crippen LogP contribution in [0.3, 0.4) is 0 Å². The Morgan fingerprint density at radius 2 is 1.85 bits per heavy atom. The summed E-state index contributed by atoms with van der Waals surface area (Å²) in [5.74, 6) is -3.76. The Morgan fingerprint density at radius 1 is 1.17 bits per heavy atom. The van der Waals surface area contributed by atoms with Crippen LogP contribution in [0, 0.1) is 17.3 Å². The van der Waals surface area contributed by atoms with Gasteiger partial charge in [-0.3, -0.25) is 19.2 Å². The molecule has 11 nitrogen and oxygen atoms in total. The molecule has 2 bridgehead atoms. The summed E-state index contributed by atoms with van der Waals surface area (Å²) in [6.07, 6.45) is 3.65. The summed E-state index contributed by atoms with van der Waals surface area (Å²) in [5.41, 5.74) is -1.47. The first-order valence-corrected chi connectivity index (χ1v) is 19.2. The van der Waals surface area contributed by atoms with Crippen LogP contribution in [-0.2, 0) is 33.4 Å². The van der Waals surface area contributed by atoms with Gasteiger partial charge in [-0.1, -0.05) is 86.1 Å². The van der Waals surface area contributed by atoms with Gasteiger partial charge in [-0.25, -0.2) is 0 Å². The van der Waals surface area contributed by atoms with Crippen LogP contribution in [0.5, 0.6) is 0 Å². The van der Waals surface area contributed by atoms with Crippen molar-refractivity contribution in [2.24, 2.45) is 17.3 Å². The number of benzene rings is 1. The minimum atomic E-state index is -1.36. The zero-order valence-electron chi connectivity index (χ0n) is 31.8. The van der Waals surface area contributed by atoms with Gasteiger partial charge < -0.3 is 34.4 Å². The number of likely N-dealkylation sites (tertiary alicyclic amines) is 1. The Labute approximate surface area is 317 Å². The van der Waals surface area contributed by atoms with Gasteiger partial charge in [0.15, 0.2) is 0 Å². The molecule has 12 heteroatoms. The lowest BCUT2D eigenvalue weighted by Gasteiger charge is -2.46. The quantitative estimate of drug-likeness (QED) is 0.119. The van der Waals surface area contributed by atoms with E-state index >= 15 is 4.79 Å². The van der Waals surface area contributed by atoms with E-state index in [-0.39, 0.29) is 48.2 Å². The largest absolute Gasteiger partial charge is 0.455 e. The second-order valence-electron chi connectivity index (χ2n) is 16.2. The highest BCUT2D eigenvalue weighted by Gasteiger charge is 2.78. The van der Waals surface area contributed by atoms with Crippen LogP contribution in [0.1, 0.15) is 85.3 Å². The number of rotatable bonds is 18. The summed E-state index contributed by atoms with van der Waals surface area (Å²) in [5, 5.41) is 13.5. The highest BCUT2D eigenvalue weighted by atomic mass is 79.9. The van der Waals surface area contributed by atoms with Crippen LogP contribution in [0.15, 0.2) is 55.6 Å². The van der Waals surface area contributed by atoms with Gasteiger partial charge in [0.2, 0.25) is 17.7 Å². The minimum Gasteiger partial charge on any atom is -0.455 e. The fraction of sp³-hybridized carbons (Fsp3) is 0.650. The van der Waals surface area contributed by atoms with Crippen molar-refractivity contribution in [3.8, 4) is 0 Å². The second kappa shape index (κ2) is 17.0. The number of hydrogen-bond donors (Lipinski definition) is 2. The van der Waals surface area contributed by atoms with E-state index in [0.29, 0.717) is 31.2 Å². The highest BCUT2D eigenvalue weighted by molar-refractivity contribution is 9.09. The van der Waals surface area contributed by atoms with Crippen molar-refractivity contribution >= 4 is 39.6 Å². The lowest BCUT2D eigenvalue weighted by Crippen LogP contribution is -2.62. The Balaban J connectivity index is 1.78. The predicted octanol–water partition coefficient (Wildman–Crippen LogP) is 5.12. The number of fused-ring (bicyclic) bond motifs is 1. The molecule has 3 fully saturated rings. The predicted molar refractivity (Wildman–Crippen MR) is 202 cm³/mol. The fourth-order valence-electron chi connectivity index (χ4n) is 8.85. The van der Waals surface area contributed by atoms with E-state index in [1.807, 2.05) is 39.0 Å². The van der Waals surface area contributed by atoms with Crippen LogP contribution >= 0.6 is 15.9 Å². The zero-order chi connectivity index (χ0) is 38.6. The molecular formula is C40H58BrN3O8. The van der Waals surface area contributed by atoms with E-state index in [4.69, 9.17) is 14.2 Å². The summed E-state index contributed by atoms with van der Waals surface area (Å²) < 4.78 is 18.6. The molecule has 0 saturated carbocycles. The number of methoxy groups -OCH3 is 1. The number of allylic oxidation sites excluding steroid dienone is 1. The third-order valence-electron chi connectivity index (χ3n) is 10.6. The number of esters is 1. The van der Waals surface area contributed by atoms with Crippen molar-refractivity contribution in [2.45, 2.75) is 120 Å². The number of carbonyl (C=O) groups excluding carboxylic acids is 4. The first-order chi connectivity index (χ1) is 24.5. The number of aliphatic hydroxyl groups excluding tert-OH is 1. The first kappa shape index (κ1) is 41.7. The zero-order valence-corrected chi connectivity index (χ0v) is 33.4. The fourth-order valence-corrected chi connectivity index (χ4v) is 9.80. The molecule has 1 aromatic rings. The number of alkyl halides is 1. The minimum absolute atomic E-state index is 0.0488. The Kier molecular flexibility index (Phi) is 13.6. The van der Waals surface area contributed by atoms with Crippen LogP contribution < -0.4 is 5.32 Å². The molecule has 288 valence electrons. The first-order valence-electron chi connectivity index (χ1n) is 18.3. The monoisotopic (exact) mass is 787 g/mol. The van der Waals surface area contributed by atoms with Gasteiger partial charge in [-0.05, 0) is 50.5 Å². The maximum absolute atomic E-state index is 15.1. The maximum atomic E-state index is 15.1. The van der Waals surface area contributed by atoms with Gasteiger partial charge in [0, 0.05) is 30.4 Å². The normalized spacial score (nSPS) is 27.1. The van der Waals surface area contributed by atoms with E-state index < -0.39 is 65.2 Å². The standard InChI is InChI=1S/C40H58BrN3O8/c1-10-13-19-29(46)42-28(23-50-9)32(25-17-15-14-16-18-25)51-37(49)30-31-35(47)44(26(12-3)22-45)34(40(31)21-27(41)33(30)52-40)36(48)43(20-11-2)39(7,8)24-38(4,5)6/h10-11,14-18,26-28,30-34,45H,1-2,12-13,19-24H2,3-9H3,(H,42,46)/t26-,27?,28-,30+,31-,32-,33+,34+,40-/m0/s1. The number of ether oxygens (including phenoxy) is 3. The Hall–Kier alpha value is -3.06. The van der Waals surface area contributed by atoms with Crippen molar-refractivity contribution in [3.05, 3.63) is 61.2 Å². The molecule has 1 aromatic carbocycles. The van der Waals surface area contributed by atoms with E-state index in [0.717, 1.165) is 0 Å². The van der Waals surface area contributed by atoms with Gasteiger partial charge in [-0.2, -0.15) is 0 Å². The molecule has 3 amide bonds. The molecule has 3 aliphatic heterocycles. The van der Waals surface area contributed by atoms with E-state index in [2.05, 4.69) is 55.2 Å². The topological polar surface area (TPSA) is 135 Å². The number of halogens is 1. The van der Waals surface area contributed by atoms with Gasteiger partial charge in [-0.15, -0.1) is 13.2 Å². The molecule has 3 heterocycles. The summed E-state index contributed by atoms with van der Waals surface area (Å²) in [6, 6.07) is 6.55. The number of aliphatic hydroxyl groups is 1. The molecule has 1 unspecified atom stereocenters. The van der Waals surface area contributed by atoms with Crippen molar-refractivity contribution < 1.29 is 38.5 Å². The Morgan fingerprint density at radius 3 is 2.40 bits per heavy atom. The third-order valence-corrected chi connectivity index (χ3v) is 11.4. The maximum Gasteiger partial charge on any atom is 0.313 e. The summed E-state index contributed by atoms with van der Waals surface area (Å²) in [4.78, 5) is 60.3. The molecule has 1 spiro atoms. The molecule has 0 aliphatic carbocycles. The van der Waals surface area contributed by atoms with Crippen molar-refractivity contribution in [2.75, 3.05) is 26.9 Å². The van der Waals surface area contributed by atoms with Crippen molar-refractivity contribution in [3.63, 3.8) is 0 Å².